The van der Waals surface area contributed by atoms with Gasteiger partial charge in [0.15, 0.2) is 0 Å². The maximum absolute atomic E-state index is 9.84. The Morgan fingerprint density at radius 1 is 1.15 bits per heavy atom. The number of nitrogens with zero attached hydrogens (tertiary/aromatic N) is 2. The molecular formula is C16H20N2O2. The van der Waals surface area contributed by atoms with Gasteiger partial charge in [0, 0.05) is 24.2 Å². The molecule has 1 aromatic heterocycles. The standard InChI is InChI=1S/C16H20N2O2/c19-15-5-1-3-13-6-7-14(17-16(13)15)4-2-8-18-9-11-20-12-10-18/h1,3,5-7,19H,2,4,8-12H2. The van der Waals surface area contributed by atoms with Crippen LogP contribution in [0.5, 0.6) is 5.75 Å². The Kier molecular flexibility index (Phi) is 4.14. The molecule has 0 atom stereocenters. The van der Waals surface area contributed by atoms with E-state index in [1.165, 1.54) is 0 Å². The summed E-state index contributed by atoms with van der Waals surface area (Å²) in [5.41, 5.74) is 1.75. The van der Waals surface area contributed by atoms with Crippen LogP contribution in [0.1, 0.15) is 12.1 Å². The number of ether oxygens (including phenoxy) is 1. The molecule has 1 aromatic carbocycles. The molecule has 106 valence electrons. The molecule has 1 fully saturated rings. The summed E-state index contributed by atoms with van der Waals surface area (Å²) in [5.74, 6) is 0.262. The second-order valence-corrected chi connectivity index (χ2v) is 5.21. The molecule has 2 heterocycles. The Bertz CT molecular complexity index is 580. The first-order valence-electron chi connectivity index (χ1n) is 7.21. The van der Waals surface area contributed by atoms with E-state index in [9.17, 15) is 5.11 Å². The van der Waals surface area contributed by atoms with E-state index in [-0.39, 0.29) is 5.75 Å². The van der Waals surface area contributed by atoms with Crippen LogP contribution in [-0.2, 0) is 11.2 Å². The van der Waals surface area contributed by atoms with E-state index >= 15 is 0 Å². The predicted molar refractivity (Wildman–Crippen MR) is 79.0 cm³/mol. The normalized spacial score (nSPS) is 16.6. The van der Waals surface area contributed by atoms with Gasteiger partial charge < -0.3 is 9.84 Å². The molecular weight excluding hydrogens is 252 g/mol. The lowest BCUT2D eigenvalue weighted by atomic mass is 10.1. The first kappa shape index (κ1) is 13.3. The molecule has 1 N–H and O–H groups in total. The summed E-state index contributed by atoms with van der Waals surface area (Å²) in [7, 11) is 0. The highest BCUT2D eigenvalue weighted by atomic mass is 16.5. The van der Waals surface area contributed by atoms with Gasteiger partial charge in [-0.1, -0.05) is 18.2 Å². The van der Waals surface area contributed by atoms with Crippen LogP contribution in [0.25, 0.3) is 10.9 Å². The number of hydrogen-bond acceptors (Lipinski definition) is 4. The fraction of sp³-hybridized carbons (Fsp3) is 0.438. The number of para-hydroxylation sites is 1. The summed E-state index contributed by atoms with van der Waals surface area (Å²) in [4.78, 5) is 7.00. The molecule has 0 unspecified atom stereocenters. The smallest absolute Gasteiger partial charge is 0.141 e. The SMILES string of the molecule is Oc1cccc2ccc(CCCN3CCOCC3)nc12. The van der Waals surface area contributed by atoms with E-state index in [1.54, 1.807) is 6.07 Å². The highest BCUT2D eigenvalue weighted by Crippen LogP contribution is 2.22. The average molecular weight is 272 g/mol. The zero-order valence-electron chi connectivity index (χ0n) is 11.6. The second-order valence-electron chi connectivity index (χ2n) is 5.21. The fourth-order valence-corrected chi connectivity index (χ4v) is 2.62. The number of rotatable bonds is 4. The number of fused-ring (bicyclic) bond motifs is 1. The average Bonchev–Trinajstić information content (AvgIpc) is 2.49. The summed E-state index contributed by atoms with van der Waals surface area (Å²) in [6.45, 7) is 4.85. The minimum Gasteiger partial charge on any atom is -0.506 e. The van der Waals surface area contributed by atoms with E-state index in [4.69, 9.17) is 4.74 Å². The monoisotopic (exact) mass is 272 g/mol. The van der Waals surface area contributed by atoms with Gasteiger partial charge >= 0.3 is 0 Å². The van der Waals surface area contributed by atoms with Crippen LogP contribution in [-0.4, -0.2) is 47.8 Å². The fourth-order valence-electron chi connectivity index (χ4n) is 2.62. The van der Waals surface area contributed by atoms with Gasteiger partial charge in [-0.2, -0.15) is 0 Å². The summed E-state index contributed by atoms with van der Waals surface area (Å²) in [6.07, 6.45) is 2.04. The minimum absolute atomic E-state index is 0.262. The van der Waals surface area contributed by atoms with Gasteiger partial charge in [0.25, 0.3) is 0 Å². The zero-order chi connectivity index (χ0) is 13.8. The van der Waals surface area contributed by atoms with Crippen molar-refractivity contribution in [3.05, 3.63) is 36.0 Å². The zero-order valence-corrected chi connectivity index (χ0v) is 11.6. The lowest BCUT2D eigenvalue weighted by molar-refractivity contribution is 0.0374. The van der Waals surface area contributed by atoms with Crippen molar-refractivity contribution < 1.29 is 9.84 Å². The summed E-state index contributed by atoms with van der Waals surface area (Å²) in [5, 5.41) is 10.8. The van der Waals surface area contributed by atoms with Crippen LogP contribution in [0, 0.1) is 0 Å². The second kappa shape index (κ2) is 6.20. The number of hydrogen-bond donors (Lipinski definition) is 1. The molecule has 0 radical (unpaired) electrons. The van der Waals surface area contributed by atoms with Crippen molar-refractivity contribution in [1.29, 1.82) is 0 Å². The Labute approximate surface area is 119 Å². The van der Waals surface area contributed by atoms with Gasteiger partial charge in [-0.3, -0.25) is 4.90 Å². The molecule has 0 amide bonds. The van der Waals surface area contributed by atoms with Crippen molar-refractivity contribution in [2.45, 2.75) is 12.8 Å². The first-order valence-corrected chi connectivity index (χ1v) is 7.21. The number of aromatic hydroxyl groups is 1. The van der Waals surface area contributed by atoms with Crippen LogP contribution in [0.2, 0.25) is 0 Å². The molecule has 1 saturated heterocycles. The molecule has 2 aromatic rings. The number of morpholine rings is 1. The highest BCUT2D eigenvalue weighted by molar-refractivity contribution is 5.84. The van der Waals surface area contributed by atoms with E-state index in [2.05, 4.69) is 16.0 Å². The van der Waals surface area contributed by atoms with E-state index in [0.717, 1.165) is 56.8 Å². The molecule has 3 rings (SSSR count). The number of pyridine rings is 1. The highest BCUT2D eigenvalue weighted by Gasteiger charge is 2.10. The van der Waals surface area contributed by atoms with Crippen molar-refractivity contribution in [3.8, 4) is 5.75 Å². The summed E-state index contributed by atoms with van der Waals surface area (Å²) >= 11 is 0. The van der Waals surface area contributed by atoms with Crippen molar-refractivity contribution in [3.63, 3.8) is 0 Å². The number of phenolic OH excluding ortho intramolecular Hbond substituents is 1. The molecule has 1 aliphatic heterocycles. The van der Waals surface area contributed by atoms with E-state index in [0.29, 0.717) is 5.52 Å². The van der Waals surface area contributed by atoms with Gasteiger partial charge in [-0.15, -0.1) is 0 Å². The molecule has 0 aliphatic carbocycles. The van der Waals surface area contributed by atoms with Gasteiger partial charge in [0.05, 0.1) is 13.2 Å². The largest absolute Gasteiger partial charge is 0.506 e. The Balaban J connectivity index is 1.61. The van der Waals surface area contributed by atoms with Gasteiger partial charge in [-0.25, -0.2) is 4.98 Å². The van der Waals surface area contributed by atoms with E-state index in [1.807, 2.05) is 18.2 Å². The number of aryl methyl sites for hydroxylation is 1. The molecule has 20 heavy (non-hydrogen) atoms. The van der Waals surface area contributed by atoms with Crippen LogP contribution in [0.3, 0.4) is 0 Å². The van der Waals surface area contributed by atoms with Crippen molar-refractivity contribution in [1.82, 2.24) is 9.88 Å². The summed E-state index contributed by atoms with van der Waals surface area (Å²) < 4.78 is 5.34. The third kappa shape index (κ3) is 3.08. The van der Waals surface area contributed by atoms with Crippen molar-refractivity contribution in [2.75, 3.05) is 32.8 Å². The maximum atomic E-state index is 9.84. The van der Waals surface area contributed by atoms with Gasteiger partial charge in [0.1, 0.15) is 11.3 Å². The third-order valence-corrected chi connectivity index (χ3v) is 3.77. The van der Waals surface area contributed by atoms with Crippen molar-refractivity contribution in [2.24, 2.45) is 0 Å². The van der Waals surface area contributed by atoms with E-state index < -0.39 is 0 Å². The molecule has 4 heteroatoms. The number of phenols is 1. The Morgan fingerprint density at radius 2 is 2.00 bits per heavy atom. The predicted octanol–water partition coefficient (Wildman–Crippen LogP) is 2.21. The van der Waals surface area contributed by atoms with Crippen LogP contribution in [0.4, 0.5) is 0 Å². The van der Waals surface area contributed by atoms with Crippen LogP contribution < -0.4 is 0 Å². The van der Waals surface area contributed by atoms with Crippen LogP contribution in [0.15, 0.2) is 30.3 Å². The molecule has 0 saturated carbocycles. The Hall–Kier alpha value is -1.65. The maximum Gasteiger partial charge on any atom is 0.141 e. The van der Waals surface area contributed by atoms with Crippen LogP contribution >= 0.6 is 0 Å². The van der Waals surface area contributed by atoms with Gasteiger partial charge in [0.2, 0.25) is 0 Å². The lowest BCUT2D eigenvalue weighted by Gasteiger charge is -2.26. The molecule has 1 aliphatic rings. The number of aromatic nitrogens is 1. The molecule has 4 nitrogen and oxygen atoms in total. The molecule has 0 bridgehead atoms. The Morgan fingerprint density at radius 3 is 2.85 bits per heavy atom. The summed E-state index contributed by atoms with van der Waals surface area (Å²) in [6, 6.07) is 9.59. The quantitative estimate of drug-likeness (QED) is 0.927. The first-order chi connectivity index (χ1) is 9.83. The lowest BCUT2D eigenvalue weighted by Crippen LogP contribution is -2.36. The topological polar surface area (TPSA) is 45.6 Å². The molecule has 0 spiro atoms. The number of benzene rings is 1. The van der Waals surface area contributed by atoms with Crippen molar-refractivity contribution >= 4 is 10.9 Å². The van der Waals surface area contributed by atoms with Gasteiger partial charge in [-0.05, 0) is 31.5 Å². The third-order valence-electron chi connectivity index (χ3n) is 3.77. The minimum atomic E-state index is 0.262.